The highest BCUT2D eigenvalue weighted by Gasteiger charge is 2.15. The monoisotopic (exact) mass is 307 g/mol. The normalized spacial score (nSPS) is 12.6. The summed E-state index contributed by atoms with van der Waals surface area (Å²) in [5, 5.41) is 4.67. The highest BCUT2D eigenvalue weighted by atomic mass is 32.2. The Morgan fingerprint density at radius 2 is 1.67 bits per heavy atom. The number of rotatable bonds is 4. The van der Waals surface area contributed by atoms with Gasteiger partial charge in [-0.2, -0.15) is 8.42 Å². The molecule has 0 atom stereocenters. The summed E-state index contributed by atoms with van der Waals surface area (Å²) in [6, 6.07) is 10.3. The molecule has 0 saturated carbocycles. The summed E-state index contributed by atoms with van der Waals surface area (Å²) in [5.74, 6) is 0. The van der Waals surface area contributed by atoms with Gasteiger partial charge in [0.1, 0.15) is 4.90 Å². The highest BCUT2D eigenvalue weighted by Crippen LogP contribution is 2.29. The lowest BCUT2D eigenvalue weighted by molar-refractivity contribution is 0.390. The lowest BCUT2D eigenvalue weighted by Gasteiger charge is -2.19. The molecule has 114 valence electrons. The Hall–Kier alpha value is -1.59. The third-order valence-electron chi connectivity index (χ3n) is 3.35. The van der Waals surface area contributed by atoms with Crippen LogP contribution in [0.4, 0.5) is 5.69 Å². The molecular weight excluding hydrogens is 286 g/mol. The Morgan fingerprint density at radius 3 is 2.29 bits per heavy atom. The van der Waals surface area contributed by atoms with Crippen LogP contribution in [-0.4, -0.2) is 19.5 Å². The first-order valence-electron chi connectivity index (χ1n) is 6.92. The maximum Gasteiger partial charge on any atom is 0.295 e. The Morgan fingerprint density at radius 1 is 1.05 bits per heavy atom. The van der Waals surface area contributed by atoms with E-state index in [0.717, 1.165) is 24.0 Å². The number of fused-ring (bicyclic) bond motifs is 1. The zero-order valence-electron chi connectivity index (χ0n) is 12.6. The average Bonchev–Trinajstić information content (AvgIpc) is 2.35. The Balaban J connectivity index is 2.39. The molecule has 21 heavy (non-hydrogen) atoms. The lowest BCUT2D eigenvalue weighted by atomic mass is 9.92. The SMILES string of the molecule is CC(C)(C)CCNc1cccc2c(S(=O)(=O)O)cccc12. The molecule has 0 amide bonds. The fourth-order valence-corrected chi connectivity index (χ4v) is 2.94. The average molecular weight is 307 g/mol. The standard InChI is InChI=1S/C16H21NO3S/c1-16(2,3)10-11-17-14-8-4-7-13-12(14)6-5-9-15(13)21(18,19)20/h4-9,17H,10-11H2,1-3H3,(H,18,19,20). The molecule has 0 spiro atoms. The van der Waals surface area contributed by atoms with Crippen LogP contribution in [-0.2, 0) is 10.1 Å². The van der Waals surface area contributed by atoms with Crippen LogP contribution in [0, 0.1) is 5.41 Å². The summed E-state index contributed by atoms with van der Waals surface area (Å²) >= 11 is 0. The van der Waals surface area contributed by atoms with Gasteiger partial charge < -0.3 is 5.32 Å². The molecule has 0 aliphatic heterocycles. The van der Waals surface area contributed by atoms with Gasteiger partial charge in [-0.1, -0.05) is 45.0 Å². The first-order valence-corrected chi connectivity index (χ1v) is 8.36. The second kappa shape index (κ2) is 5.66. The largest absolute Gasteiger partial charge is 0.385 e. The quantitative estimate of drug-likeness (QED) is 0.840. The van der Waals surface area contributed by atoms with Crippen molar-refractivity contribution < 1.29 is 13.0 Å². The van der Waals surface area contributed by atoms with Crippen LogP contribution in [0.2, 0.25) is 0 Å². The summed E-state index contributed by atoms with van der Waals surface area (Å²) in [6.45, 7) is 7.33. The fourth-order valence-electron chi connectivity index (χ4n) is 2.23. The van der Waals surface area contributed by atoms with Gasteiger partial charge in [0.05, 0.1) is 0 Å². The molecule has 0 aromatic heterocycles. The zero-order valence-corrected chi connectivity index (χ0v) is 13.4. The second-order valence-electron chi connectivity index (χ2n) is 6.37. The number of nitrogens with one attached hydrogen (secondary N) is 1. The minimum atomic E-state index is -4.22. The Kier molecular flexibility index (Phi) is 4.25. The van der Waals surface area contributed by atoms with Gasteiger partial charge in [0.25, 0.3) is 10.1 Å². The van der Waals surface area contributed by atoms with E-state index in [9.17, 15) is 13.0 Å². The molecule has 0 bridgehead atoms. The number of hydrogen-bond donors (Lipinski definition) is 2. The van der Waals surface area contributed by atoms with Gasteiger partial charge in [0, 0.05) is 23.0 Å². The van der Waals surface area contributed by atoms with Crippen LogP contribution in [0.5, 0.6) is 0 Å². The maximum atomic E-state index is 11.4. The van der Waals surface area contributed by atoms with E-state index in [2.05, 4.69) is 26.1 Å². The van der Waals surface area contributed by atoms with E-state index < -0.39 is 10.1 Å². The molecule has 4 nitrogen and oxygen atoms in total. The predicted octanol–water partition coefficient (Wildman–Crippen LogP) is 3.93. The van der Waals surface area contributed by atoms with Crippen molar-refractivity contribution in [3.05, 3.63) is 36.4 Å². The van der Waals surface area contributed by atoms with Crippen LogP contribution in [0.3, 0.4) is 0 Å². The van der Waals surface area contributed by atoms with E-state index in [-0.39, 0.29) is 10.3 Å². The summed E-state index contributed by atoms with van der Waals surface area (Å²) in [7, 11) is -4.22. The summed E-state index contributed by atoms with van der Waals surface area (Å²) in [6.07, 6.45) is 1.00. The topological polar surface area (TPSA) is 66.4 Å². The molecule has 5 heteroatoms. The molecule has 0 heterocycles. The van der Waals surface area contributed by atoms with Crippen LogP contribution >= 0.6 is 0 Å². The van der Waals surface area contributed by atoms with Gasteiger partial charge in [-0.3, -0.25) is 4.55 Å². The summed E-state index contributed by atoms with van der Waals surface area (Å²) in [5.41, 5.74) is 1.11. The smallest absolute Gasteiger partial charge is 0.295 e. The number of benzene rings is 2. The van der Waals surface area contributed by atoms with E-state index >= 15 is 0 Å². The fraction of sp³-hybridized carbons (Fsp3) is 0.375. The molecule has 0 unspecified atom stereocenters. The molecule has 2 aromatic rings. The first-order chi connectivity index (χ1) is 9.68. The molecule has 0 fully saturated rings. The first kappa shape index (κ1) is 15.8. The minimum absolute atomic E-state index is 0.0560. The van der Waals surface area contributed by atoms with Crippen LogP contribution in [0.15, 0.2) is 41.3 Å². The molecule has 0 aliphatic carbocycles. The van der Waals surface area contributed by atoms with Crippen molar-refractivity contribution in [2.24, 2.45) is 5.41 Å². The van der Waals surface area contributed by atoms with Gasteiger partial charge in [-0.25, -0.2) is 0 Å². The van der Waals surface area contributed by atoms with Crippen molar-refractivity contribution in [3.63, 3.8) is 0 Å². The van der Waals surface area contributed by atoms with Gasteiger partial charge >= 0.3 is 0 Å². The van der Waals surface area contributed by atoms with Crippen molar-refractivity contribution in [1.29, 1.82) is 0 Å². The maximum absolute atomic E-state index is 11.4. The van der Waals surface area contributed by atoms with Crippen molar-refractivity contribution in [2.45, 2.75) is 32.1 Å². The van der Waals surface area contributed by atoms with E-state index in [1.165, 1.54) is 6.07 Å². The van der Waals surface area contributed by atoms with Crippen LogP contribution in [0.25, 0.3) is 10.8 Å². The molecule has 2 N–H and O–H groups in total. The van der Waals surface area contributed by atoms with Gasteiger partial charge in [-0.05, 0) is 24.0 Å². The predicted molar refractivity (Wildman–Crippen MR) is 86.3 cm³/mol. The van der Waals surface area contributed by atoms with Crippen LogP contribution in [0.1, 0.15) is 27.2 Å². The van der Waals surface area contributed by atoms with Crippen molar-refractivity contribution in [1.82, 2.24) is 0 Å². The van der Waals surface area contributed by atoms with E-state index in [1.54, 1.807) is 18.2 Å². The van der Waals surface area contributed by atoms with Crippen molar-refractivity contribution >= 4 is 26.6 Å². The molecule has 2 aromatic carbocycles. The summed E-state index contributed by atoms with van der Waals surface area (Å²) in [4.78, 5) is -0.0560. The van der Waals surface area contributed by atoms with Crippen molar-refractivity contribution in [2.75, 3.05) is 11.9 Å². The molecular formula is C16H21NO3S. The third-order valence-corrected chi connectivity index (χ3v) is 4.26. The molecule has 0 aliphatic rings. The van der Waals surface area contributed by atoms with Crippen LogP contribution < -0.4 is 5.32 Å². The Bertz CT molecular complexity index is 746. The highest BCUT2D eigenvalue weighted by molar-refractivity contribution is 7.86. The number of hydrogen-bond acceptors (Lipinski definition) is 3. The van der Waals surface area contributed by atoms with Crippen molar-refractivity contribution in [3.8, 4) is 0 Å². The van der Waals surface area contributed by atoms with E-state index in [1.807, 2.05) is 12.1 Å². The minimum Gasteiger partial charge on any atom is -0.385 e. The summed E-state index contributed by atoms with van der Waals surface area (Å²) < 4.78 is 32.2. The van der Waals surface area contributed by atoms with E-state index in [0.29, 0.717) is 5.39 Å². The Labute approximate surface area is 125 Å². The number of anilines is 1. The molecule has 0 radical (unpaired) electrons. The second-order valence-corrected chi connectivity index (χ2v) is 7.76. The zero-order chi connectivity index (χ0) is 15.7. The third kappa shape index (κ3) is 3.95. The van der Waals surface area contributed by atoms with Gasteiger partial charge in [0.15, 0.2) is 0 Å². The van der Waals surface area contributed by atoms with Gasteiger partial charge in [-0.15, -0.1) is 0 Å². The molecule has 2 rings (SSSR count). The van der Waals surface area contributed by atoms with E-state index in [4.69, 9.17) is 0 Å². The lowest BCUT2D eigenvalue weighted by Crippen LogP contribution is -2.13. The molecule has 0 saturated heterocycles. The van der Waals surface area contributed by atoms with Gasteiger partial charge in [0.2, 0.25) is 0 Å².